The lowest BCUT2D eigenvalue weighted by atomic mass is 9.73. The van der Waals surface area contributed by atoms with E-state index >= 15 is 0 Å². The van der Waals surface area contributed by atoms with Crippen LogP contribution < -0.4 is 0 Å². The summed E-state index contributed by atoms with van der Waals surface area (Å²) in [4.78, 5) is 13.4. The Morgan fingerprint density at radius 1 is 1.28 bits per heavy atom. The molecule has 1 aromatic rings. The number of hydrogen-bond donors (Lipinski definition) is 0. The van der Waals surface area contributed by atoms with E-state index in [0.717, 1.165) is 25.9 Å². The smallest absolute Gasteiger partial charge is 0.302 e. The standard InChI is InChI=1S/C15H21NO2/c1-13(17)18-12-15(8-10-16(2)11-9-15)14-6-4-3-5-7-14/h3-7H,8-12H2,1-2H3. The van der Waals surface area contributed by atoms with Crippen molar-refractivity contribution < 1.29 is 9.53 Å². The molecule has 0 aliphatic carbocycles. The molecule has 0 saturated carbocycles. The van der Waals surface area contributed by atoms with Crippen molar-refractivity contribution in [2.75, 3.05) is 26.7 Å². The highest BCUT2D eigenvalue weighted by molar-refractivity contribution is 5.66. The predicted octanol–water partition coefficient (Wildman–Crippen LogP) is 2.21. The van der Waals surface area contributed by atoms with Crippen molar-refractivity contribution >= 4 is 5.97 Å². The van der Waals surface area contributed by atoms with Crippen LogP contribution in [0, 0.1) is 0 Å². The van der Waals surface area contributed by atoms with Crippen LogP contribution in [0.4, 0.5) is 0 Å². The fourth-order valence-corrected chi connectivity index (χ4v) is 2.59. The number of carbonyl (C=O) groups is 1. The van der Waals surface area contributed by atoms with Gasteiger partial charge in [0.2, 0.25) is 0 Å². The van der Waals surface area contributed by atoms with Gasteiger partial charge in [0, 0.05) is 12.3 Å². The van der Waals surface area contributed by atoms with Crippen molar-refractivity contribution in [1.82, 2.24) is 4.90 Å². The third kappa shape index (κ3) is 2.91. The van der Waals surface area contributed by atoms with Gasteiger partial charge >= 0.3 is 5.97 Å². The molecule has 98 valence electrons. The van der Waals surface area contributed by atoms with Crippen LogP contribution in [0.15, 0.2) is 30.3 Å². The molecule has 0 aromatic heterocycles. The summed E-state index contributed by atoms with van der Waals surface area (Å²) >= 11 is 0. The number of carbonyl (C=O) groups excluding carboxylic acids is 1. The third-order valence-corrected chi connectivity index (χ3v) is 3.88. The van der Waals surface area contributed by atoms with Gasteiger partial charge in [-0.25, -0.2) is 0 Å². The molecule has 1 aromatic carbocycles. The Morgan fingerprint density at radius 3 is 2.44 bits per heavy atom. The van der Waals surface area contributed by atoms with Crippen molar-refractivity contribution in [2.45, 2.75) is 25.2 Å². The van der Waals surface area contributed by atoms with Gasteiger partial charge in [-0.1, -0.05) is 30.3 Å². The van der Waals surface area contributed by atoms with Gasteiger partial charge < -0.3 is 9.64 Å². The highest BCUT2D eigenvalue weighted by atomic mass is 16.5. The Hall–Kier alpha value is -1.35. The molecule has 1 saturated heterocycles. The fourth-order valence-electron chi connectivity index (χ4n) is 2.59. The van der Waals surface area contributed by atoms with Crippen molar-refractivity contribution in [3.63, 3.8) is 0 Å². The van der Waals surface area contributed by atoms with Gasteiger partial charge in [0.1, 0.15) is 6.61 Å². The lowest BCUT2D eigenvalue weighted by molar-refractivity contribution is -0.143. The van der Waals surface area contributed by atoms with E-state index in [9.17, 15) is 4.79 Å². The lowest BCUT2D eigenvalue weighted by Gasteiger charge is -2.40. The quantitative estimate of drug-likeness (QED) is 0.767. The maximum atomic E-state index is 11.1. The van der Waals surface area contributed by atoms with Gasteiger partial charge in [-0.2, -0.15) is 0 Å². The first-order valence-corrected chi connectivity index (χ1v) is 6.50. The molecule has 1 fully saturated rings. The molecular formula is C15H21NO2. The Balaban J connectivity index is 2.20. The second kappa shape index (κ2) is 5.53. The Bertz CT molecular complexity index is 394. The van der Waals surface area contributed by atoms with E-state index in [1.807, 2.05) is 6.07 Å². The summed E-state index contributed by atoms with van der Waals surface area (Å²) in [7, 11) is 2.14. The van der Waals surface area contributed by atoms with Gasteiger partial charge in [-0.3, -0.25) is 4.79 Å². The molecule has 3 heteroatoms. The number of piperidine rings is 1. The lowest BCUT2D eigenvalue weighted by Crippen LogP contribution is -2.44. The Labute approximate surface area is 109 Å². The molecule has 1 aliphatic heterocycles. The minimum atomic E-state index is -0.191. The number of likely N-dealkylation sites (tertiary alicyclic amines) is 1. The molecule has 0 unspecified atom stereocenters. The van der Waals surface area contributed by atoms with Crippen molar-refractivity contribution in [2.24, 2.45) is 0 Å². The molecule has 1 heterocycles. The number of ether oxygens (including phenoxy) is 1. The van der Waals surface area contributed by atoms with Gasteiger partial charge in [-0.05, 0) is 38.5 Å². The number of benzene rings is 1. The second-order valence-electron chi connectivity index (χ2n) is 5.23. The molecule has 18 heavy (non-hydrogen) atoms. The number of rotatable bonds is 3. The Morgan fingerprint density at radius 2 is 1.89 bits per heavy atom. The van der Waals surface area contributed by atoms with E-state index < -0.39 is 0 Å². The van der Waals surface area contributed by atoms with Gasteiger partial charge in [0.25, 0.3) is 0 Å². The molecule has 0 spiro atoms. The van der Waals surface area contributed by atoms with E-state index in [0.29, 0.717) is 6.61 Å². The Kier molecular flexibility index (Phi) is 4.02. The molecule has 0 atom stereocenters. The maximum Gasteiger partial charge on any atom is 0.302 e. The minimum Gasteiger partial charge on any atom is -0.465 e. The van der Waals surface area contributed by atoms with Crippen LogP contribution in [0.25, 0.3) is 0 Å². The van der Waals surface area contributed by atoms with E-state index in [4.69, 9.17) is 4.74 Å². The molecular weight excluding hydrogens is 226 g/mol. The summed E-state index contributed by atoms with van der Waals surface area (Å²) in [5.41, 5.74) is 1.29. The van der Waals surface area contributed by atoms with Crippen LogP contribution in [0.5, 0.6) is 0 Å². The summed E-state index contributed by atoms with van der Waals surface area (Å²) in [6, 6.07) is 10.4. The maximum absolute atomic E-state index is 11.1. The molecule has 2 rings (SSSR count). The van der Waals surface area contributed by atoms with Crippen LogP contribution in [-0.2, 0) is 14.9 Å². The summed E-state index contributed by atoms with van der Waals surface area (Å²) in [5, 5.41) is 0. The number of nitrogens with zero attached hydrogens (tertiary/aromatic N) is 1. The molecule has 0 bridgehead atoms. The normalized spacial score (nSPS) is 19.4. The first-order chi connectivity index (χ1) is 8.62. The van der Waals surface area contributed by atoms with Gasteiger partial charge in [-0.15, -0.1) is 0 Å². The minimum absolute atomic E-state index is 0.000556. The summed E-state index contributed by atoms with van der Waals surface area (Å²) in [6.07, 6.45) is 2.08. The van der Waals surface area contributed by atoms with E-state index in [1.54, 1.807) is 0 Å². The van der Waals surface area contributed by atoms with Crippen molar-refractivity contribution in [3.8, 4) is 0 Å². The summed E-state index contributed by atoms with van der Waals surface area (Å²) in [5.74, 6) is -0.191. The average Bonchev–Trinajstić information content (AvgIpc) is 2.39. The van der Waals surface area contributed by atoms with E-state index in [1.165, 1.54) is 12.5 Å². The molecule has 3 nitrogen and oxygen atoms in total. The van der Waals surface area contributed by atoms with Crippen LogP contribution in [0.2, 0.25) is 0 Å². The summed E-state index contributed by atoms with van der Waals surface area (Å²) in [6.45, 7) is 4.08. The SMILES string of the molecule is CC(=O)OCC1(c2ccccc2)CCN(C)CC1. The van der Waals surface area contributed by atoms with E-state index in [-0.39, 0.29) is 11.4 Å². The first-order valence-electron chi connectivity index (χ1n) is 6.50. The zero-order valence-electron chi connectivity index (χ0n) is 11.2. The van der Waals surface area contributed by atoms with Crippen LogP contribution in [-0.4, -0.2) is 37.6 Å². The van der Waals surface area contributed by atoms with Crippen LogP contribution in [0.1, 0.15) is 25.3 Å². The van der Waals surface area contributed by atoms with Crippen LogP contribution in [0.3, 0.4) is 0 Å². The zero-order chi connectivity index (χ0) is 13.0. The monoisotopic (exact) mass is 247 g/mol. The highest BCUT2D eigenvalue weighted by Gasteiger charge is 2.36. The average molecular weight is 247 g/mol. The molecule has 0 radical (unpaired) electrons. The number of hydrogen-bond acceptors (Lipinski definition) is 3. The van der Waals surface area contributed by atoms with Crippen molar-refractivity contribution in [1.29, 1.82) is 0 Å². The molecule has 0 N–H and O–H groups in total. The molecule has 0 amide bonds. The largest absolute Gasteiger partial charge is 0.465 e. The predicted molar refractivity (Wildman–Crippen MR) is 71.5 cm³/mol. The third-order valence-electron chi connectivity index (χ3n) is 3.88. The van der Waals surface area contributed by atoms with E-state index in [2.05, 4.69) is 36.2 Å². The highest BCUT2D eigenvalue weighted by Crippen LogP contribution is 2.35. The number of esters is 1. The van der Waals surface area contributed by atoms with Gasteiger partial charge in [0.05, 0.1) is 0 Å². The topological polar surface area (TPSA) is 29.5 Å². The second-order valence-corrected chi connectivity index (χ2v) is 5.23. The zero-order valence-corrected chi connectivity index (χ0v) is 11.2. The summed E-state index contributed by atoms with van der Waals surface area (Å²) < 4.78 is 5.32. The first kappa shape index (κ1) is 13.1. The fraction of sp³-hybridized carbons (Fsp3) is 0.533. The van der Waals surface area contributed by atoms with Gasteiger partial charge in [0.15, 0.2) is 0 Å². The van der Waals surface area contributed by atoms with Crippen molar-refractivity contribution in [3.05, 3.63) is 35.9 Å². The molecule has 1 aliphatic rings. The van der Waals surface area contributed by atoms with Crippen LogP contribution >= 0.6 is 0 Å².